The van der Waals surface area contributed by atoms with Crippen LogP contribution in [-0.2, 0) is 4.79 Å². The van der Waals surface area contributed by atoms with Gasteiger partial charge in [0.1, 0.15) is 11.3 Å². The molecule has 1 saturated carbocycles. The second-order valence-corrected chi connectivity index (χ2v) is 6.10. The van der Waals surface area contributed by atoms with Crippen LogP contribution in [0, 0.1) is 10.1 Å². The van der Waals surface area contributed by atoms with Gasteiger partial charge in [-0.3, -0.25) is 14.9 Å². The average molecular weight is 353 g/mol. The van der Waals surface area contributed by atoms with E-state index >= 15 is 0 Å². The van der Waals surface area contributed by atoms with Crippen LogP contribution in [0.2, 0.25) is 0 Å². The largest absolute Gasteiger partial charge is 0.484 e. The first-order chi connectivity index (χ1) is 12.6. The van der Waals surface area contributed by atoms with Crippen LogP contribution in [0.3, 0.4) is 0 Å². The van der Waals surface area contributed by atoms with E-state index in [0.717, 1.165) is 18.7 Å². The van der Waals surface area contributed by atoms with Crippen molar-refractivity contribution in [3.05, 3.63) is 58.5 Å². The van der Waals surface area contributed by atoms with Gasteiger partial charge < -0.3 is 14.5 Å². The molecule has 4 rings (SSSR count). The highest BCUT2D eigenvalue weighted by Gasteiger charge is 2.28. The maximum absolute atomic E-state index is 12.0. The highest BCUT2D eigenvalue weighted by Crippen LogP contribution is 2.40. The van der Waals surface area contributed by atoms with Crippen molar-refractivity contribution in [3.63, 3.8) is 0 Å². The number of rotatable bonds is 6. The number of benzene rings is 2. The van der Waals surface area contributed by atoms with Crippen molar-refractivity contribution in [2.45, 2.75) is 18.8 Å². The fourth-order valence-corrected chi connectivity index (χ4v) is 2.54. The first kappa shape index (κ1) is 16.1. The Bertz CT molecular complexity index is 976. The summed E-state index contributed by atoms with van der Waals surface area (Å²) in [4.78, 5) is 26.6. The topological polar surface area (TPSA) is 108 Å². The molecule has 0 saturated heterocycles. The first-order valence-corrected chi connectivity index (χ1v) is 8.16. The molecule has 1 heterocycles. The minimum atomic E-state index is -0.495. The highest BCUT2D eigenvalue weighted by atomic mass is 16.6. The molecule has 0 unspecified atom stereocenters. The maximum Gasteiger partial charge on any atom is 0.269 e. The Balaban J connectivity index is 1.36. The lowest BCUT2D eigenvalue weighted by Crippen LogP contribution is -2.20. The summed E-state index contributed by atoms with van der Waals surface area (Å²) >= 11 is 0. The molecule has 1 fully saturated rings. The molecular formula is C18H15N3O5. The number of carbonyl (C=O) groups excluding carboxylic acids is 1. The molecule has 0 atom stereocenters. The number of hydrogen-bond donors (Lipinski definition) is 1. The lowest BCUT2D eigenvalue weighted by Gasteiger charge is -2.07. The van der Waals surface area contributed by atoms with Gasteiger partial charge in [-0.05, 0) is 43.2 Å². The number of amides is 1. The summed E-state index contributed by atoms with van der Waals surface area (Å²) in [5.74, 6) is 1.22. The number of ether oxygens (including phenoxy) is 1. The minimum Gasteiger partial charge on any atom is -0.484 e. The summed E-state index contributed by atoms with van der Waals surface area (Å²) < 4.78 is 11.0. The molecule has 0 bridgehead atoms. The Morgan fingerprint density at radius 1 is 1.27 bits per heavy atom. The Morgan fingerprint density at radius 2 is 2.04 bits per heavy atom. The lowest BCUT2D eigenvalue weighted by atomic mass is 10.3. The molecule has 1 aliphatic carbocycles. The number of nitrogens with one attached hydrogen (secondary N) is 1. The van der Waals surface area contributed by atoms with Gasteiger partial charge in [-0.2, -0.15) is 0 Å². The first-order valence-electron chi connectivity index (χ1n) is 8.16. The van der Waals surface area contributed by atoms with Crippen LogP contribution in [-0.4, -0.2) is 22.4 Å². The van der Waals surface area contributed by atoms with Crippen molar-refractivity contribution in [2.75, 3.05) is 11.9 Å². The number of aromatic nitrogens is 1. The third-order valence-electron chi connectivity index (χ3n) is 4.03. The summed E-state index contributed by atoms with van der Waals surface area (Å²) in [6.07, 6.45) is 2.22. The highest BCUT2D eigenvalue weighted by molar-refractivity contribution is 5.93. The molecular weight excluding hydrogens is 338 g/mol. The standard InChI is InChI=1S/C18H15N3O5/c22-17(10-25-14-6-4-13(5-7-14)21(23)24)19-12-3-8-16-15(9-12)20-18(26-16)11-1-2-11/h3-9,11H,1-2,10H2,(H,19,22). The summed E-state index contributed by atoms with van der Waals surface area (Å²) in [5.41, 5.74) is 1.98. The van der Waals surface area contributed by atoms with Crippen LogP contribution in [0.4, 0.5) is 11.4 Å². The molecule has 2 aromatic carbocycles. The van der Waals surface area contributed by atoms with Crippen LogP contribution in [0.25, 0.3) is 11.1 Å². The summed E-state index contributed by atoms with van der Waals surface area (Å²) in [6, 6.07) is 10.8. The van der Waals surface area contributed by atoms with Crippen LogP contribution in [0.1, 0.15) is 24.7 Å². The molecule has 0 spiro atoms. The molecule has 1 N–H and O–H groups in total. The Kier molecular flexibility index (Phi) is 4.00. The molecule has 1 aliphatic rings. The second-order valence-electron chi connectivity index (χ2n) is 6.10. The van der Waals surface area contributed by atoms with Gasteiger partial charge in [-0.25, -0.2) is 4.98 Å². The predicted molar refractivity (Wildman–Crippen MR) is 93.2 cm³/mol. The van der Waals surface area contributed by atoms with Crippen LogP contribution in [0.15, 0.2) is 46.9 Å². The number of non-ortho nitro benzene ring substituents is 1. The van der Waals surface area contributed by atoms with Crippen molar-refractivity contribution in [1.29, 1.82) is 0 Å². The van der Waals surface area contributed by atoms with Crippen LogP contribution >= 0.6 is 0 Å². The third-order valence-corrected chi connectivity index (χ3v) is 4.03. The Morgan fingerprint density at radius 3 is 2.73 bits per heavy atom. The Hall–Kier alpha value is -3.42. The van der Waals surface area contributed by atoms with Crippen molar-refractivity contribution in [3.8, 4) is 5.75 Å². The second kappa shape index (κ2) is 6.47. The van der Waals surface area contributed by atoms with E-state index in [-0.39, 0.29) is 18.2 Å². The van der Waals surface area contributed by atoms with Crippen molar-refractivity contribution in [1.82, 2.24) is 4.98 Å². The zero-order chi connectivity index (χ0) is 18.1. The number of nitro groups is 1. The molecule has 3 aromatic rings. The van der Waals surface area contributed by atoms with Crippen molar-refractivity contribution in [2.24, 2.45) is 0 Å². The van der Waals surface area contributed by atoms with Gasteiger partial charge >= 0.3 is 0 Å². The lowest BCUT2D eigenvalue weighted by molar-refractivity contribution is -0.384. The smallest absolute Gasteiger partial charge is 0.269 e. The van der Waals surface area contributed by atoms with Crippen LogP contribution < -0.4 is 10.1 Å². The molecule has 0 aliphatic heterocycles. The van der Waals surface area contributed by atoms with Gasteiger partial charge in [0.15, 0.2) is 18.1 Å². The van der Waals surface area contributed by atoms with E-state index in [4.69, 9.17) is 9.15 Å². The van der Waals surface area contributed by atoms with E-state index in [9.17, 15) is 14.9 Å². The van der Waals surface area contributed by atoms with Gasteiger partial charge in [-0.15, -0.1) is 0 Å². The van der Waals surface area contributed by atoms with Gasteiger partial charge in [0.2, 0.25) is 0 Å². The van der Waals surface area contributed by atoms with Crippen molar-refractivity contribution < 1.29 is 18.9 Å². The van der Waals surface area contributed by atoms with Gasteiger partial charge in [0.25, 0.3) is 11.6 Å². The van der Waals surface area contributed by atoms with E-state index in [1.165, 1.54) is 24.3 Å². The molecule has 1 amide bonds. The SMILES string of the molecule is O=C(COc1ccc([N+](=O)[O-])cc1)Nc1ccc2oc(C3CC3)nc2c1. The van der Waals surface area contributed by atoms with Gasteiger partial charge in [0.05, 0.1) is 4.92 Å². The summed E-state index contributed by atoms with van der Waals surface area (Å²) in [7, 11) is 0. The van der Waals surface area contributed by atoms with Crippen molar-refractivity contribution >= 4 is 28.4 Å². The monoisotopic (exact) mass is 353 g/mol. The molecule has 1 aromatic heterocycles. The van der Waals surface area contributed by atoms with E-state index < -0.39 is 4.92 Å². The summed E-state index contributed by atoms with van der Waals surface area (Å²) in [6.45, 7) is -0.206. The molecule has 8 nitrogen and oxygen atoms in total. The number of anilines is 1. The maximum atomic E-state index is 12.0. The fraction of sp³-hybridized carbons (Fsp3) is 0.222. The molecule has 132 valence electrons. The van der Waals surface area contributed by atoms with E-state index in [0.29, 0.717) is 28.5 Å². The minimum absolute atomic E-state index is 0.0340. The molecule has 26 heavy (non-hydrogen) atoms. The zero-order valence-electron chi connectivity index (χ0n) is 13.7. The number of fused-ring (bicyclic) bond motifs is 1. The number of nitrogens with zero attached hydrogens (tertiary/aromatic N) is 2. The number of hydrogen-bond acceptors (Lipinski definition) is 6. The van der Waals surface area contributed by atoms with Gasteiger partial charge in [-0.1, -0.05) is 0 Å². The molecule has 0 radical (unpaired) electrons. The van der Waals surface area contributed by atoms with Crippen LogP contribution in [0.5, 0.6) is 5.75 Å². The fourth-order valence-electron chi connectivity index (χ4n) is 2.54. The number of carbonyl (C=O) groups is 1. The van der Waals surface area contributed by atoms with Gasteiger partial charge in [0, 0.05) is 23.7 Å². The Labute approximate surface area is 147 Å². The van der Waals surface area contributed by atoms with E-state index in [1.807, 2.05) is 0 Å². The quantitative estimate of drug-likeness (QED) is 0.535. The average Bonchev–Trinajstić information content (AvgIpc) is 3.40. The van der Waals surface area contributed by atoms with E-state index in [2.05, 4.69) is 10.3 Å². The molecule has 8 heteroatoms. The summed E-state index contributed by atoms with van der Waals surface area (Å²) in [5, 5.41) is 13.3. The zero-order valence-corrected chi connectivity index (χ0v) is 13.7. The van der Waals surface area contributed by atoms with E-state index in [1.54, 1.807) is 18.2 Å². The number of nitro benzene ring substituents is 1. The third kappa shape index (κ3) is 3.49. The normalized spacial score (nSPS) is 13.5. The predicted octanol–water partition coefficient (Wildman–Crippen LogP) is 3.63. The number of oxazole rings is 1.